The Bertz CT molecular complexity index is 605. The van der Waals surface area contributed by atoms with Gasteiger partial charge in [0.1, 0.15) is 6.61 Å². The Hall–Kier alpha value is -1.00. The van der Waals surface area contributed by atoms with Crippen LogP contribution in [0.4, 0.5) is 0 Å². The summed E-state index contributed by atoms with van der Waals surface area (Å²) < 4.78 is 5.21. The van der Waals surface area contributed by atoms with Crippen LogP contribution >= 0.6 is 23.4 Å². The van der Waals surface area contributed by atoms with E-state index in [9.17, 15) is 9.59 Å². The minimum atomic E-state index is -0.598. The van der Waals surface area contributed by atoms with Crippen LogP contribution in [0.1, 0.15) is 12.8 Å². The standard InChI is InChI=1S/C16H15ClO3S/c17-12-6-11-15(19)20-8-16(11)7-10(12)13(14(16)18)21-9-4-2-1-3-5-9/h1-5,10-13H,6-8H2/t10-,11-,12+,13-,16-/m1/s1. The second-order valence-corrected chi connectivity index (χ2v) is 7.93. The summed E-state index contributed by atoms with van der Waals surface area (Å²) in [5, 5.41) is -0.282. The van der Waals surface area contributed by atoms with E-state index in [2.05, 4.69) is 0 Å². The highest BCUT2D eigenvalue weighted by molar-refractivity contribution is 8.00. The average Bonchev–Trinajstić information content (AvgIpc) is 2.94. The summed E-state index contributed by atoms with van der Waals surface area (Å²) in [6.07, 6.45) is 1.27. The van der Waals surface area contributed by atoms with Crippen LogP contribution in [-0.4, -0.2) is 29.0 Å². The number of hydrogen-bond acceptors (Lipinski definition) is 4. The molecule has 0 amide bonds. The second-order valence-electron chi connectivity index (χ2n) is 6.15. The number of alkyl halides is 1. The molecule has 5 heteroatoms. The van der Waals surface area contributed by atoms with Gasteiger partial charge < -0.3 is 4.74 Å². The van der Waals surface area contributed by atoms with Crippen molar-refractivity contribution in [1.82, 2.24) is 0 Å². The molecule has 0 unspecified atom stereocenters. The van der Waals surface area contributed by atoms with E-state index >= 15 is 0 Å². The number of Topliss-reactive ketones (excluding diaryl/α,β-unsaturated/α-hetero) is 1. The van der Waals surface area contributed by atoms with Gasteiger partial charge in [-0.2, -0.15) is 0 Å². The van der Waals surface area contributed by atoms with E-state index in [1.165, 1.54) is 0 Å². The molecule has 1 spiro atoms. The molecule has 4 rings (SSSR count). The molecule has 3 fully saturated rings. The van der Waals surface area contributed by atoms with Crippen LogP contribution in [0.5, 0.6) is 0 Å². The molecular weight excluding hydrogens is 308 g/mol. The number of carbonyl (C=O) groups is 2. The van der Waals surface area contributed by atoms with Crippen molar-refractivity contribution in [3.8, 4) is 0 Å². The number of cyclic esters (lactones) is 1. The first-order valence-electron chi connectivity index (χ1n) is 7.18. The molecular formula is C16H15ClO3S. The number of halogens is 1. The summed E-state index contributed by atoms with van der Waals surface area (Å²) in [5.41, 5.74) is -0.598. The number of ether oxygens (including phenoxy) is 1. The average molecular weight is 323 g/mol. The highest BCUT2D eigenvalue weighted by atomic mass is 35.5. The van der Waals surface area contributed by atoms with Crippen LogP contribution in [0.3, 0.4) is 0 Å². The van der Waals surface area contributed by atoms with Gasteiger partial charge in [-0.25, -0.2) is 0 Å². The molecule has 0 N–H and O–H groups in total. The van der Waals surface area contributed by atoms with Crippen LogP contribution in [0.15, 0.2) is 35.2 Å². The number of thioether (sulfide) groups is 1. The first-order valence-corrected chi connectivity index (χ1v) is 8.50. The minimum Gasteiger partial charge on any atom is -0.464 e. The van der Waals surface area contributed by atoms with Crippen molar-refractivity contribution in [2.75, 3.05) is 6.61 Å². The van der Waals surface area contributed by atoms with Gasteiger partial charge in [0.2, 0.25) is 0 Å². The Labute approximate surface area is 132 Å². The fourth-order valence-electron chi connectivity index (χ4n) is 4.00. The Kier molecular flexibility index (Phi) is 3.09. The molecule has 1 saturated heterocycles. The van der Waals surface area contributed by atoms with Crippen molar-refractivity contribution >= 4 is 35.1 Å². The molecule has 5 atom stereocenters. The largest absolute Gasteiger partial charge is 0.464 e. The molecule has 21 heavy (non-hydrogen) atoms. The zero-order valence-corrected chi connectivity index (χ0v) is 12.9. The summed E-state index contributed by atoms with van der Waals surface area (Å²) in [6.45, 7) is 0.251. The lowest BCUT2D eigenvalue weighted by atomic mass is 9.69. The molecule has 1 aliphatic heterocycles. The first-order chi connectivity index (χ1) is 10.1. The zero-order chi connectivity index (χ0) is 14.6. The smallest absolute Gasteiger partial charge is 0.310 e. The maximum atomic E-state index is 13.0. The Balaban J connectivity index is 1.68. The van der Waals surface area contributed by atoms with Crippen LogP contribution in [0, 0.1) is 17.3 Å². The molecule has 2 aliphatic carbocycles. The maximum absolute atomic E-state index is 13.0. The van der Waals surface area contributed by atoms with E-state index in [1.807, 2.05) is 30.3 Å². The van der Waals surface area contributed by atoms with Crippen molar-refractivity contribution in [2.24, 2.45) is 17.3 Å². The second kappa shape index (κ2) is 4.75. The molecule has 0 aromatic heterocycles. The number of ketones is 1. The Morgan fingerprint density at radius 3 is 2.76 bits per heavy atom. The SMILES string of the molecule is O=C1OC[C@]23C[C@H]([C@@H](Cl)C[C@H]12)[C@@H](Sc1ccccc1)C3=O. The van der Waals surface area contributed by atoms with Crippen molar-refractivity contribution in [3.05, 3.63) is 30.3 Å². The summed E-state index contributed by atoms with van der Waals surface area (Å²) in [4.78, 5) is 26.0. The van der Waals surface area contributed by atoms with E-state index < -0.39 is 5.41 Å². The molecule has 110 valence electrons. The van der Waals surface area contributed by atoms with E-state index in [-0.39, 0.29) is 40.8 Å². The molecule has 1 aromatic carbocycles. The van der Waals surface area contributed by atoms with Gasteiger partial charge in [-0.15, -0.1) is 23.4 Å². The molecule has 2 saturated carbocycles. The van der Waals surface area contributed by atoms with Gasteiger partial charge in [-0.3, -0.25) is 9.59 Å². The fourth-order valence-corrected chi connectivity index (χ4v) is 5.91. The number of benzene rings is 1. The summed E-state index contributed by atoms with van der Waals surface area (Å²) >= 11 is 8.07. The van der Waals surface area contributed by atoms with Gasteiger partial charge in [0, 0.05) is 10.3 Å². The van der Waals surface area contributed by atoms with Gasteiger partial charge in [-0.1, -0.05) is 18.2 Å². The van der Waals surface area contributed by atoms with Crippen LogP contribution in [-0.2, 0) is 14.3 Å². The quantitative estimate of drug-likeness (QED) is 0.620. The van der Waals surface area contributed by atoms with E-state index in [1.54, 1.807) is 11.8 Å². The number of fused-ring (bicyclic) bond motifs is 1. The molecule has 0 radical (unpaired) electrons. The first kappa shape index (κ1) is 13.6. The van der Waals surface area contributed by atoms with E-state index in [0.29, 0.717) is 12.8 Å². The highest BCUT2D eigenvalue weighted by Gasteiger charge is 2.67. The third kappa shape index (κ3) is 1.88. The Morgan fingerprint density at radius 1 is 1.24 bits per heavy atom. The predicted octanol–water partition coefficient (Wildman–Crippen LogP) is 2.91. The predicted molar refractivity (Wildman–Crippen MR) is 80.3 cm³/mol. The number of hydrogen-bond donors (Lipinski definition) is 0. The third-order valence-electron chi connectivity index (χ3n) is 5.09. The van der Waals surface area contributed by atoms with E-state index in [4.69, 9.17) is 16.3 Å². The van der Waals surface area contributed by atoms with Gasteiger partial charge in [-0.05, 0) is 30.9 Å². The highest BCUT2D eigenvalue weighted by Crippen LogP contribution is 2.60. The maximum Gasteiger partial charge on any atom is 0.310 e. The monoisotopic (exact) mass is 322 g/mol. The van der Waals surface area contributed by atoms with Gasteiger partial charge in [0.15, 0.2) is 5.78 Å². The molecule has 2 bridgehead atoms. The normalized spacial score (nSPS) is 41.0. The van der Waals surface area contributed by atoms with Crippen LogP contribution < -0.4 is 0 Å². The lowest BCUT2D eigenvalue weighted by Gasteiger charge is -2.32. The summed E-state index contributed by atoms with van der Waals surface area (Å²) in [7, 11) is 0. The number of esters is 1. The number of rotatable bonds is 2. The van der Waals surface area contributed by atoms with Crippen molar-refractivity contribution < 1.29 is 14.3 Å². The van der Waals surface area contributed by atoms with Crippen molar-refractivity contribution in [2.45, 2.75) is 28.4 Å². The summed E-state index contributed by atoms with van der Waals surface area (Å²) in [6, 6.07) is 9.91. The minimum absolute atomic E-state index is 0.124. The van der Waals surface area contributed by atoms with Gasteiger partial charge in [0.25, 0.3) is 0 Å². The van der Waals surface area contributed by atoms with Crippen molar-refractivity contribution in [1.29, 1.82) is 0 Å². The lowest BCUT2D eigenvalue weighted by molar-refractivity contribution is -0.142. The van der Waals surface area contributed by atoms with Crippen molar-refractivity contribution in [3.63, 3.8) is 0 Å². The van der Waals surface area contributed by atoms with Gasteiger partial charge in [0.05, 0.1) is 16.6 Å². The third-order valence-corrected chi connectivity index (χ3v) is 6.96. The van der Waals surface area contributed by atoms with Crippen LogP contribution in [0.25, 0.3) is 0 Å². The van der Waals surface area contributed by atoms with Crippen LogP contribution in [0.2, 0.25) is 0 Å². The number of carbonyl (C=O) groups excluding carboxylic acids is 2. The molecule has 1 aromatic rings. The topological polar surface area (TPSA) is 43.4 Å². The Morgan fingerprint density at radius 2 is 2.00 bits per heavy atom. The molecule has 3 nitrogen and oxygen atoms in total. The summed E-state index contributed by atoms with van der Waals surface area (Å²) in [5.74, 6) is -0.265. The molecule has 1 heterocycles. The lowest BCUT2D eigenvalue weighted by Crippen LogP contribution is -2.39. The fraction of sp³-hybridized carbons (Fsp3) is 0.500. The van der Waals surface area contributed by atoms with Gasteiger partial charge >= 0.3 is 5.97 Å². The van der Waals surface area contributed by atoms with E-state index in [0.717, 1.165) is 4.90 Å². The molecule has 3 aliphatic rings. The zero-order valence-electron chi connectivity index (χ0n) is 11.3.